The number of hydrogen-bond acceptors (Lipinski definition) is 6. The van der Waals surface area contributed by atoms with Crippen LogP contribution in [0.25, 0.3) is 5.82 Å². The van der Waals surface area contributed by atoms with Crippen molar-refractivity contribution < 1.29 is 4.79 Å². The Labute approximate surface area is 143 Å². The summed E-state index contributed by atoms with van der Waals surface area (Å²) in [6, 6.07) is 5.35. The van der Waals surface area contributed by atoms with E-state index in [1.165, 1.54) is 0 Å². The molecular weight excluding hydrogens is 324 g/mol. The van der Waals surface area contributed by atoms with Gasteiger partial charge < -0.3 is 5.32 Å². The van der Waals surface area contributed by atoms with Gasteiger partial charge in [0.1, 0.15) is 0 Å². The van der Waals surface area contributed by atoms with Gasteiger partial charge in [-0.15, -0.1) is 21.5 Å². The molecule has 0 aliphatic carbocycles. The summed E-state index contributed by atoms with van der Waals surface area (Å²) in [6.07, 6.45) is 0. The predicted molar refractivity (Wildman–Crippen MR) is 91.4 cm³/mol. The molecule has 0 unspecified atom stereocenters. The second kappa shape index (κ2) is 6.48. The zero-order chi connectivity index (χ0) is 17.3. The number of nitrogens with one attached hydrogen (secondary N) is 1. The number of aryl methyl sites for hydroxylation is 4. The summed E-state index contributed by atoms with van der Waals surface area (Å²) < 4.78 is 1.70. The monoisotopic (exact) mass is 342 g/mol. The van der Waals surface area contributed by atoms with E-state index in [9.17, 15) is 4.79 Å². The molecule has 0 aliphatic heterocycles. The third-order valence-corrected chi connectivity index (χ3v) is 4.59. The molecule has 0 atom stereocenters. The van der Waals surface area contributed by atoms with Gasteiger partial charge >= 0.3 is 0 Å². The lowest BCUT2D eigenvalue weighted by molar-refractivity contribution is 0.0945. The van der Waals surface area contributed by atoms with Gasteiger partial charge in [-0.05, 0) is 45.9 Å². The van der Waals surface area contributed by atoms with Gasteiger partial charge in [-0.25, -0.2) is 9.67 Å². The molecule has 3 aromatic rings. The summed E-state index contributed by atoms with van der Waals surface area (Å²) in [5, 5.41) is 16.3. The normalized spacial score (nSPS) is 10.8. The second-order valence-electron chi connectivity index (χ2n) is 5.54. The van der Waals surface area contributed by atoms with E-state index in [0.717, 1.165) is 27.0 Å². The van der Waals surface area contributed by atoms with E-state index in [-0.39, 0.29) is 11.6 Å². The van der Waals surface area contributed by atoms with Crippen LogP contribution in [0.1, 0.15) is 37.5 Å². The molecule has 8 heteroatoms. The minimum Gasteiger partial charge on any atom is -0.346 e. The molecule has 1 N–H and O–H groups in total. The van der Waals surface area contributed by atoms with Crippen molar-refractivity contribution in [3.8, 4) is 5.82 Å². The van der Waals surface area contributed by atoms with Gasteiger partial charge in [0, 0.05) is 10.6 Å². The molecule has 0 fully saturated rings. The summed E-state index contributed by atoms with van der Waals surface area (Å²) in [6.45, 7) is 8.20. The highest BCUT2D eigenvalue weighted by molar-refractivity contribution is 7.11. The minimum absolute atomic E-state index is 0.257. The quantitative estimate of drug-likeness (QED) is 0.786. The number of thiazole rings is 1. The molecule has 1 amide bonds. The summed E-state index contributed by atoms with van der Waals surface area (Å²) in [5.74, 6) is 0.332. The lowest BCUT2D eigenvalue weighted by atomic mass is 10.3. The van der Waals surface area contributed by atoms with Crippen LogP contribution in [0.15, 0.2) is 18.2 Å². The summed E-state index contributed by atoms with van der Waals surface area (Å²) >= 11 is 1.58. The summed E-state index contributed by atoms with van der Waals surface area (Å²) in [7, 11) is 0. The molecule has 3 aromatic heterocycles. The van der Waals surface area contributed by atoms with Crippen molar-refractivity contribution in [3.63, 3.8) is 0 Å². The molecule has 124 valence electrons. The van der Waals surface area contributed by atoms with Crippen molar-refractivity contribution in [2.75, 3.05) is 0 Å². The Bertz CT molecular complexity index is 881. The molecule has 0 spiro atoms. The SMILES string of the molecule is Cc1cc(C)n(-c2ccc(C(=O)NCc3sc(C)nc3C)nn2)n1. The Morgan fingerprint density at radius 3 is 2.54 bits per heavy atom. The Balaban J connectivity index is 1.70. The van der Waals surface area contributed by atoms with Gasteiger partial charge in [-0.3, -0.25) is 4.79 Å². The van der Waals surface area contributed by atoms with Crippen LogP contribution < -0.4 is 5.32 Å². The minimum atomic E-state index is -0.257. The van der Waals surface area contributed by atoms with Crippen LogP contribution in [0, 0.1) is 27.7 Å². The second-order valence-corrected chi connectivity index (χ2v) is 6.83. The Hall–Kier alpha value is -2.61. The number of hydrogen-bond donors (Lipinski definition) is 1. The highest BCUT2D eigenvalue weighted by Crippen LogP contribution is 2.16. The molecule has 0 radical (unpaired) electrons. The van der Waals surface area contributed by atoms with Crippen LogP contribution in [0.2, 0.25) is 0 Å². The third kappa shape index (κ3) is 3.33. The van der Waals surface area contributed by atoms with Crippen LogP contribution >= 0.6 is 11.3 Å². The highest BCUT2D eigenvalue weighted by atomic mass is 32.1. The molecule has 3 rings (SSSR count). The van der Waals surface area contributed by atoms with Crippen molar-refractivity contribution in [3.05, 3.63) is 50.9 Å². The zero-order valence-corrected chi connectivity index (χ0v) is 14.8. The lowest BCUT2D eigenvalue weighted by Crippen LogP contribution is -2.24. The van der Waals surface area contributed by atoms with E-state index in [1.807, 2.05) is 33.8 Å². The maximum absolute atomic E-state index is 12.2. The molecular formula is C16H18N6OS. The number of aromatic nitrogens is 5. The van der Waals surface area contributed by atoms with Gasteiger partial charge in [0.15, 0.2) is 11.5 Å². The molecule has 0 saturated carbocycles. The fourth-order valence-corrected chi connectivity index (χ4v) is 3.29. The molecule has 24 heavy (non-hydrogen) atoms. The van der Waals surface area contributed by atoms with Gasteiger partial charge in [0.05, 0.1) is 22.9 Å². The largest absolute Gasteiger partial charge is 0.346 e. The van der Waals surface area contributed by atoms with Gasteiger partial charge in [-0.2, -0.15) is 5.10 Å². The van der Waals surface area contributed by atoms with E-state index < -0.39 is 0 Å². The van der Waals surface area contributed by atoms with Crippen molar-refractivity contribution in [2.45, 2.75) is 34.2 Å². The number of amides is 1. The first kappa shape index (κ1) is 16.3. The Morgan fingerprint density at radius 1 is 1.21 bits per heavy atom. The van der Waals surface area contributed by atoms with Crippen LogP contribution in [0.5, 0.6) is 0 Å². The molecule has 0 saturated heterocycles. The average molecular weight is 342 g/mol. The molecule has 0 aliphatic rings. The summed E-state index contributed by atoms with van der Waals surface area (Å²) in [5.41, 5.74) is 3.10. The number of carbonyl (C=O) groups is 1. The highest BCUT2D eigenvalue weighted by Gasteiger charge is 2.12. The van der Waals surface area contributed by atoms with Crippen molar-refractivity contribution >= 4 is 17.2 Å². The number of rotatable bonds is 4. The number of nitrogens with zero attached hydrogens (tertiary/aromatic N) is 5. The number of carbonyl (C=O) groups excluding carboxylic acids is 1. The lowest BCUT2D eigenvalue weighted by Gasteiger charge is -2.05. The first-order valence-electron chi connectivity index (χ1n) is 7.52. The van der Waals surface area contributed by atoms with Gasteiger partial charge in [-0.1, -0.05) is 0 Å². The fraction of sp³-hybridized carbons (Fsp3) is 0.312. The Kier molecular flexibility index (Phi) is 4.39. The maximum atomic E-state index is 12.2. The molecule has 7 nitrogen and oxygen atoms in total. The topological polar surface area (TPSA) is 85.6 Å². The summed E-state index contributed by atoms with van der Waals surface area (Å²) in [4.78, 5) is 17.6. The van der Waals surface area contributed by atoms with E-state index >= 15 is 0 Å². The third-order valence-electron chi connectivity index (χ3n) is 3.52. The van der Waals surface area contributed by atoms with E-state index in [0.29, 0.717) is 12.4 Å². The van der Waals surface area contributed by atoms with Crippen LogP contribution in [-0.2, 0) is 6.54 Å². The fourth-order valence-electron chi connectivity index (χ4n) is 2.41. The van der Waals surface area contributed by atoms with Crippen LogP contribution in [0.4, 0.5) is 0 Å². The van der Waals surface area contributed by atoms with Crippen molar-refractivity contribution in [2.24, 2.45) is 0 Å². The van der Waals surface area contributed by atoms with E-state index in [1.54, 1.807) is 28.2 Å². The van der Waals surface area contributed by atoms with E-state index in [2.05, 4.69) is 25.6 Å². The average Bonchev–Trinajstić information content (AvgIpc) is 3.05. The van der Waals surface area contributed by atoms with Crippen LogP contribution in [0.3, 0.4) is 0 Å². The van der Waals surface area contributed by atoms with Crippen molar-refractivity contribution in [1.29, 1.82) is 0 Å². The van der Waals surface area contributed by atoms with E-state index in [4.69, 9.17) is 0 Å². The Morgan fingerprint density at radius 2 is 2.00 bits per heavy atom. The maximum Gasteiger partial charge on any atom is 0.272 e. The standard InChI is InChI=1S/C16H18N6OS/c1-9-7-10(2)22(21-9)15-6-5-13(19-20-15)16(23)17-8-14-11(3)18-12(4)24-14/h5-7H,8H2,1-4H3,(H,17,23). The first-order chi connectivity index (χ1) is 11.4. The predicted octanol–water partition coefficient (Wildman–Crippen LogP) is 2.28. The first-order valence-corrected chi connectivity index (χ1v) is 8.34. The van der Waals surface area contributed by atoms with Crippen molar-refractivity contribution in [1.82, 2.24) is 30.3 Å². The van der Waals surface area contributed by atoms with Gasteiger partial charge in [0.2, 0.25) is 0 Å². The molecule has 0 aromatic carbocycles. The zero-order valence-electron chi connectivity index (χ0n) is 14.0. The molecule has 3 heterocycles. The van der Waals surface area contributed by atoms with Gasteiger partial charge in [0.25, 0.3) is 5.91 Å². The molecule has 0 bridgehead atoms. The van der Waals surface area contributed by atoms with Crippen LogP contribution in [-0.4, -0.2) is 30.9 Å². The smallest absolute Gasteiger partial charge is 0.272 e.